The summed E-state index contributed by atoms with van der Waals surface area (Å²) in [6, 6.07) is 12.7. The Morgan fingerprint density at radius 3 is 2.32 bits per heavy atom. The molecule has 1 fully saturated rings. The van der Waals surface area contributed by atoms with E-state index in [0.29, 0.717) is 48.3 Å². The van der Waals surface area contributed by atoms with Crippen molar-refractivity contribution in [1.82, 2.24) is 24.8 Å². The maximum atomic E-state index is 13.3. The summed E-state index contributed by atoms with van der Waals surface area (Å²) in [6.45, 7) is -0.249. The number of aromatic hydroxyl groups is 1. The Kier molecular flexibility index (Phi) is 14.0. The topological polar surface area (TPSA) is 382 Å². The Labute approximate surface area is 365 Å². The summed E-state index contributed by atoms with van der Waals surface area (Å²) < 4.78 is 59.2. The highest BCUT2D eigenvalue weighted by Crippen LogP contribution is 2.66. The smallest absolute Gasteiger partial charge is 0.490 e. The summed E-state index contributed by atoms with van der Waals surface area (Å²) in [5, 5.41) is 48.0. The van der Waals surface area contributed by atoms with Crippen LogP contribution in [0.25, 0.3) is 44.6 Å². The molecule has 0 saturated carbocycles. The molecule has 10 N–H and O–H groups in total. The summed E-state index contributed by atoms with van der Waals surface area (Å²) in [7, 11) is -16.9. The molecule has 4 aromatic rings. The molecule has 1 amide bonds. The third kappa shape index (κ3) is 11.1. The van der Waals surface area contributed by atoms with E-state index in [9.17, 15) is 58.3 Å². The van der Waals surface area contributed by atoms with E-state index in [1.54, 1.807) is 6.07 Å². The molecule has 2 unspecified atom stereocenters. The van der Waals surface area contributed by atoms with Crippen molar-refractivity contribution in [2.24, 2.45) is 0 Å². The van der Waals surface area contributed by atoms with Gasteiger partial charge in [-0.25, -0.2) is 33.4 Å². The summed E-state index contributed by atoms with van der Waals surface area (Å²) in [5.41, 5.74) is 1.46. The van der Waals surface area contributed by atoms with Crippen molar-refractivity contribution in [3.63, 3.8) is 0 Å². The number of carboxylic acid groups (broad SMARTS) is 1. The fourth-order valence-electron chi connectivity index (χ4n) is 7.08. The van der Waals surface area contributed by atoms with Crippen molar-refractivity contribution in [3.8, 4) is 28.2 Å². The number of rotatable bonds is 19. The fourth-order valence-corrected chi connectivity index (χ4v) is 10.1. The molecule has 7 rings (SSSR count). The van der Waals surface area contributed by atoms with Gasteiger partial charge in [-0.3, -0.25) is 18.7 Å². The average molecular weight is 965 g/mol. The van der Waals surface area contributed by atoms with Gasteiger partial charge in [-0.15, -0.1) is 0 Å². The van der Waals surface area contributed by atoms with Crippen LogP contribution < -0.4 is 16.1 Å². The third-order valence-corrected chi connectivity index (χ3v) is 13.7. The number of benzene rings is 3. The molecule has 2 aromatic heterocycles. The highest BCUT2D eigenvalue weighted by atomic mass is 31.3. The zero-order chi connectivity index (χ0) is 46.8. The second-order valence-corrected chi connectivity index (χ2v) is 18.9. The second kappa shape index (κ2) is 19.2. The molecular formula is C37H39N6O19P3. The van der Waals surface area contributed by atoms with E-state index in [2.05, 4.69) is 38.7 Å². The maximum Gasteiger partial charge on any atom is 0.490 e. The number of phenols is 1. The Bertz CT molecular complexity index is 2940. The standard InChI is InChI=1S/C37H39N6O19P3/c44-20-6-9-23-26(14-20)59-27-15-21(45)7-10-24(27)29(23)25-13-19(5-8-22(25)37(49)50)35(48)39-12-4-2-1-3-11-38-33-30-34(41-17-40-33)43(18-42-30)36-32(47)31(46)28(60-36)16-58-64(54,55)62-65(56,57)61-63(51,52)53/h5-10,13-15,17-18,28,31-32,36,44,46-47H,1-4,11-12,16H2,(H,39,48)(H,49,50)(H,54,55)(H,56,57)(H,38,40,41)(H2,51,52,53)/t28-,31-,32-,36-/m1/s1. The monoisotopic (exact) mass is 964 g/mol. The number of aliphatic hydroxyl groups is 2. The summed E-state index contributed by atoms with van der Waals surface area (Å²) >= 11 is 0. The largest absolute Gasteiger partial charge is 0.508 e. The van der Waals surface area contributed by atoms with Gasteiger partial charge in [-0.2, -0.15) is 8.62 Å². The van der Waals surface area contributed by atoms with Crippen molar-refractivity contribution in [3.05, 3.63) is 88.6 Å². The van der Waals surface area contributed by atoms with Crippen molar-refractivity contribution >= 4 is 63.3 Å². The first-order chi connectivity index (χ1) is 30.7. The number of aliphatic hydroxyl groups excluding tert-OH is 2. The van der Waals surface area contributed by atoms with Gasteiger partial charge in [0.15, 0.2) is 28.6 Å². The molecule has 65 heavy (non-hydrogen) atoms. The van der Waals surface area contributed by atoms with Crippen LogP contribution in [0.4, 0.5) is 5.82 Å². The number of aromatic nitrogens is 4. The first-order valence-electron chi connectivity index (χ1n) is 19.3. The number of phosphoric acid groups is 3. The van der Waals surface area contributed by atoms with Gasteiger partial charge in [-0.05, 0) is 60.9 Å². The number of hydrogen-bond acceptors (Lipinski definition) is 18. The predicted octanol–water partition coefficient (Wildman–Crippen LogP) is 3.47. The van der Waals surface area contributed by atoms with Gasteiger partial charge < -0.3 is 59.8 Å². The van der Waals surface area contributed by atoms with Crippen molar-refractivity contribution < 1.29 is 85.6 Å². The summed E-state index contributed by atoms with van der Waals surface area (Å²) in [4.78, 5) is 87.0. The van der Waals surface area contributed by atoms with E-state index in [1.165, 1.54) is 65.8 Å². The van der Waals surface area contributed by atoms with Crippen LogP contribution in [0.1, 0.15) is 52.6 Å². The summed E-state index contributed by atoms with van der Waals surface area (Å²) in [6.07, 6.45) is -1.12. The molecule has 3 aliphatic rings. The number of nitrogens with zero attached hydrogens (tertiary/aromatic N) is 4. The lowest BCUT2D eigenvalue weighted by atomic mass is 9.89. The average Bonchev–Trinajstić information content (AvgIpc) is 3.78. The number of carbonyl (C=O) groups is 2. The number of carbonyl (C=O) groups excluding carboxylic acids is 1. The van der Waals surface area contributed by atoms with Crippen LogP contribution in [-0.2, 0) is 31.6 Å². The van der Waals surface area contributed by atoms with E-state index in [4.69, 9.17) is 18.9 Å². The van der Waals surface area contributed by atoms with E-state index in [1.807, 2.05) is 0 Å². The molecule has 1 saturated heterocycles. The quantitative estimate of drug-likeness (QED) is 0.0315. The van der Waals surface area contributed by atoms with Gasteiger partial charge in [0.2, 0.25) is 0 Å². The van der Waals surface area contributed by atoms with Crippen LogP contribution in [0.5, 0.6) is 5.75 Å². The Hall–Kier alpha value is -5.49. The fraction of sp³-hybridized carbons (Fsp3) is 0.297. The van der Waals surface area contributed by atoms with Crippen LogP contribution in [-0.4, -0.2) is 109 Å². The molecule has 6 atom stereocenters. The van der Waals surface area contributed by atoms with Gasteiger partial charge >= 0.3 is 29.4 Å². The van der Waals surface area contributed by atoms with Gasteiger partial charge in [0.25, 0.3) is 5.91 Å². The number of fused-ring (bicyclic) bond motifs is 3. The molecule has 0 radical (unpaired) electrons. The minimum absolute atomic E-state index is 0.0900. The number of nitrogens with one attached hydrogen (secondary N) is 2. The number of unbranched alkanes of at least 4 members (excludes halogenated alkanes) is 3. The minimum Gasteiger partial charge on any atom is -0.508 e. The van der Waals surface area contributed by atoms with Crippen molar-refractivity contribution in [2.75, 3.05) is 25.0 Å². The number of anilines is 1. The SMILES string of the molecule is O=C(NCCCCCCNc1ncnc2c1ncn2[C@@H]1O[C@H](COP(=O)(O)OP(=O)(O)OP(=O)(O)O)[C@@H](O)[C@H]1O)c1ccc(C(=O)O)c(-c2c3ccc(=O)cc-3oc3cc(O)ccc23)c1. The normalized spacial score (nSPS) is 19.6. The van der Waals surface area contributed by atoms with Crippen molar-refractivity contribution in [1.29, 1.82) is 0 Å². The molecule has 2 aromatic carbocycles. The van der Waals surface area contributed by atoms with Crippen LogP contribution >= 0.6 is 23.5 Å². The van der Waals surface area contributed by atoms with Gasteiger partial charge in [0.1, 0.15) is 41.7 Å². The van der Waals surface area contributed by atoms with Crippen LogP contribution in [0.15, 0.2) is 76.5 Å². The highest BCUT2D eigenvalue weighted by molar-refractivity contribution is 7.66. The zero-order valence-corrected chi connectivity index (χ0v) is 36.0. The number of phosphoric ester groups is 1. The second-order valence-electron chi connectivity index (χ2n) is 14.5. The molecule has 0 spiro atoms. The van der Waals surface area contributed by atoms with Gasteiger partial charge in [-0.1, -0.05) is 12.8 Å². The minimum atomic E-state index is -5.79. The third-order valence-electron chi connectivity index (χ3n) is 9.93. The maximum absolute atomic E-state index is 13.3. The molecule has 0 bridgehead atoms. The van der Waals surface area contributed by atoms with Crippen LogP contribution in [0, 0.1) is 0 Å². The Morgan fingerprint density at radius 2 is 1.58 bits per heavy atom. The number of imidazole rings is 1. The number of aromatic carboxylic acids is 1. The molecule has 2 aliphatic heterocycles. The molecule has 25 nitrogen and oxygen atoms in total. The summed E-state index contributed by atoms with van der Waals surface area (Å²) in [5.74, 6) is -1.28. The lowest BCUT2D eigenvalue weighted by Gasteiger charge is -2.19. The molecule has 1 aliphatic carbocycles. The first kappa shape index (κ1) is 47.5. The first-order valence-corrected chi connectivity index (χ1v) is 23.8. The number of hydrogen-bond donors (Lipinski definition) is 10. The molecule has 346 valence electrons. The van der Waals surface area contributed by atoms with Crippen LogP contribution in [0.3, 0.4) is 0 Å². The van der Waals surface area contributed by atoms with Crippen molar-refractivity contribution in [2.45, 2.75) is 50.2 Å². The van der Waals surface area contributed by atoms with Gasteiger partial charge in [0.05, 0.1) is 18.5 Å². The Balaban J connectivity index is 0.907. The van der Waals surface area contributed by atoms with E-state index in [0.717, 1.165) is 12.8 Å². The predicted molar refractivity (Wildman–Crippen MR) is 224 cm³/mol. The lowest BCUT2D eigenvalue weighted by Crippen LogP contribution is -2.33. The Morgan fingerprint density at radius 1 is 0.831 bits per heavy atom. The zero-order valence-electron chi connectivity index (χ0n) is 33.3. The van der Waals surface area contributed by atoms with E-state index in [-0.39, 0.29) is 50.4 Å². The number of amides is 1. The van der Waals surface area contributed by atoms with Crippen LogP contribution in [0.2, 0.25) is 0 Å². The lowest BCUT2D eigenvalue weighted by molar-refractivity contribution is -0.0503. The highest BCUT2D eigenvalue weighted by Gasteiger charge is 2.47. The number of phenolic OH excluding ortho intramolecular Hbond substituents is 1. The molecule has 4 heterocycles. The number of ether oxygens (including phenoxy) is 1. The number of carboxylic acids is 1. The molecule has 28 heteroatoms. The van der Waals surface area contributed by atoms with Gasteiger partial charge in [0, 0.05) is 47.3 Å². The van der Waals surface area contributed by atoms with E-state index < -0.39 is 66.5 Å². The van der Waals surface area contributed by atoms with E-state index >= 15 is 0 Å². The molecular weight excluding hydrogens is 925 g/mol.